The van der Waals surface area contributed by atoms with Crippen LogP contribution in [0.15, 0.2) is 49.1 Å². The fourth-order valence-electron chi connectivity index (χ4n) is 2.73. The molecule has 6 nitrogen and oxygen atoms in total. The average Bonchev–Trinajstić information content (AvgIpc) is 2.73. The van der Waals surface area contributed by atoms with Gasteiger partial charge in [0.05, 0.1) is 17.8 Å². The van der Waals surface area contributed by atoms with E-state index in [9.17, 15) is 9.59 Å². The summed E-state index contributed by atoms with van der Waals surface area (Å²) >= 11 is 12.0. The van der Waals surface area contributed by atoms with E-state index >= 15 is 0 Å². The highest BCUT2D eigenvalue weighted by Gasteiger charge is 2.20. The monoisotopic (exact) mass is 450 g/mol. The van der Waals surface area contributed by atoms with Gasteiger partial charge in [0.2, 0.25) is 5.91 Å². The normalized spacial score (nSPS) is 10.3. The molecule has 0 fully saturated rings. The van der Waals surface area contributed by atoms with Gasteiger partial charge in [-0.25, -0.2) is 0 Å². The van der Waals surface area contributed by atoms with E-state index in [1.54, 1.807) is 36.4 Å². The lowest BCUT2D eigenvalue weighted by atomic mass is 10.1. The van der Waals surface area contributed by atoms with Gasteiger partial charge >= 0.3 is 0 Å². The first-order valence-corrected chi connectivity index (χ1v) is 10.1. The fraction of sp³-hybridized carbons (Fsp3) is 0.273. The number of rotatable bonds is 10. The Morgan fingerprint density at radius 3 is 2.57 bits per heavy atom. The summed E-state index contributed by atoms with van der Waals surface area (Å²) in [4.78, 5) is 27.0. The van der Waals surface area contributed by atoms with Crippen LogP contribution in [0, 0.1) is 0 Å². The van der Waals surface area contributed by atoms with Crippen LogP contribution in [0.1, 0.15) is 23.7 Å². The second-order valence-electron chi connectivity index (χ2n) is 6.36. The molecule has 1 N–H and O–H groups in total. The number of hydrogen-bond donors (Lipinski definition) is 1. The van der Waals surface area contributed by atoms with Crippen molar-refractivity contribution in [2.24, 2.45) is 0 Å². The van der Waals surface area contributed by atoms with E-state index < -0.39 is 0 Å². The summed E-state index contributed by atoms with van der Waals surface area (Å²) in [5.41, 5.74) is 0.823. The Kier molecular flexibility index (Phi) is 9.02. The predicted octanol–water partition coefficient (Wildman–Crippen LogP) is 5.06. The third-order valence-electron chi connectivity index (χ3n) is 4.09. The van der Waals surface area contributed by atoms with Crippen LogP contribution < -0.4 is 14.8 Å². The van der Waals surface area contributed by atoms with E-state index in [2.05, 4.69) is 11.9 Å². The van der Waals surface area contributed by atoms with E-state index in [1.807, 2.05) is 6.92 Å². The number of nitrogens with one attached hydrogen (secondary N) is 1. The Morgan fingerprint density at radius 2 is 1.93 bits per heavy atom. The quantitative estimate of drug-likeness (QED) is 0.513. The number of benzene rings is 2. The standard InChI is InChI=1S/C22H24Cl2N2O4/c1-4-10-26(14-21(27)25-18-8-7-16(23)13-17(18)24)22(28)15-6-9-19(30-11-5-2)20(12-15)29-3/h5-9,12-13H,2,4,10-11,14H2,1,3H3,(H,25,27). The molecule has 0 saturated carbocycles. The SMILES string of the molecule is C=CCOc1ccc(C(=O)N(CCC)CC(=O)Nc2ccc(Cl)cc2Cl)cc1OC. The minimum Gasteiger partial charge on any atom is -0.493 e. The van der Waals surface area contributed by atoms with Gasteiger partial charge in [-0.1, -0.05) is 42.8 Å². The van der Waals surface area contributed by atoms with Crippen LogP contribution in [0.25, 0.3) is 0 Å². The molecular formula is C22H24Cl2N2O4. The van der Waals surface area contributed by atoms with Crippen molar-refractivity contribution >= 4 is 40.7 Å². The highest BCUT2D eigenvalue weighted by atomic mass is 35.5. The number of ether oxygens (including phenoxy) is 2. The predicted molar refractivity (Wildman–Crippen MR) is 120 cm³/mol. The van der Waals surface area contributed by atoms with Crippen molar-refractivity contribution in [3.8, 4) is 11.5 Å². The molecule has 0 spiro atoms. The van der Waals surface area contributed by atoms with Crippen LogP contribution in [-0.2, 0) is 4.79 Å². The lowest BCUT2D eigenvalue weighted by Gasteiger charge is -2.22. The van der Waals surface area contributed by atoms with E-state index in [1.165, 1.54) is 18.1 Å². The zero-order valence-electron chi connectivity index (χ0n) is 16.9. The average molecular weight is 451 g/mol. The van der Waals surface area contributed by atoms with Gasteiger partial charge in [0.15, 0.2) is 11.5 Å². The molecule has 2 rings (SSSR count). The summed E-state index contributed by atoms with van der Waals surface area (Å²) in [5, 5.41) is 3.50. The molecule has 0 atom stereocenters. The van der Waals surface area contributed by atoms with E-state index in [0.717, 1.165) is 0 Å². The summed E-state index contributed by atoms with van der Waals surface area (Å²) in [6.07, 6.45) is 2.31. The van der Waals surface area contributed by atoms with Gasteiger partial charge in [-0.05, 0) is 42.8 Å². The summed E-state index contributed by atoms with van der Waals surface area (Å²) in [7, 11) is 1.50. The Balaban J connectivity index is 2.15. The first-order valence-electron chi connectivity index (χ1n) is 9.35. The molecule has 0 aliphatic rings. The van der Waals surface area contributed by atoms with E-state index in [0.29, 0.717) is 52.4 Å². The molecule has 0 unspecified atom stereocenters. The lowest BCUT2D eigenvalue weighted by molar-refractivity contribution is -0.116. The number of anilines is 1. The van der Waals surface area contributed by atoms with Crippen molar-refractivity contribution in [3.63, 3.8) is 0 Å². The van der Waals surface area contributed by atoms with Gasteiger partial charge < -0.3 is 19.7 Å². The Labute approximate surface area is 186 Å². The summed E-state index contributed by atoms with van der Waals surface area (Å²) < 4.78 is 10.8. The molecule has 30 heavy (non-hydrogen) atoms. The molecular weight excluding hydrogens is 427 g/mol. The molecule has 2 aromatic rings. The molecule has 2 amide bonds. The van der Waals surface area contributed by atoms with Crippen molar-refractivity contribution in [3.05, 3.63) is 64.7 Å². The lowest BCUT2D eigenvalue weighted by Crippen LogP contribution is -2.38. The first kappa shape index (κ1) is 23.6. The van der Waals surface area contributed by atoms with Crippen molar-refractivity contribution in [1.29, 1.82) is 0 Å². The van der Waals surface area contributed by atoms with Crippen LogP contribution in [0.3, 0.4) is 0 Å². The first-order chi connectivity index (χ1) is 14.4. The molecule has 0 heterocycles. The van der Waals surface area contributed by atoms with E-state index in [4.69, 9.17) is 32.7 Å². The van der Waals surface area contributed by atoms with Gasteiger partial charge in [-0.2, -0.15) is 0 Å². The topological polar surface area (TPSA) is 67.9 Å². The highest BCUT2D eigenvalue weighted by Crippen LogP contribution is 2.29. The van der Waals surface area contributed by atoms with Crippen molar-refractivity contribution in [2.75, 3.05) is 32.1 Å². The van der Waals surface area contributed by atoms with Gasteiger partial charge in [0.25, 0.3) is 5.91 Å². The number of methoxy groups -OCH3 is 1. The Hall–Kier alpha value is -2.70. The zero-order chi connectivity index (χ0) is 22.1. The van der Waals surface area contributed by atoms with Crippen molar-refractivity contribution in [1.82, 2.24) is 4.90 Å². The Bertz CT molecular complexity index is 918. The van der Waals surface area contributed by atoms with Crippen LogP contribution in [-0.4, -0.2) is 43.5 Å². The molecule has 0 aliphatic carbocycles. The second-order valence-corrected chi connectivity index (χ2v) is 7.21. The number of halogens is 2. The second kappa shape index (κ2) is 11.5. The third kappa shape index (κ3) is 6.40. The minimum atomic E-state index is -0.362. The number of nitrogens with zero attached hydrogens (tertiary/aromatic N) is 1. The maximum atomic E-state index is 13.0. The highest BCUT2D eigenvalue weighted by molar-refractivity contribution is 6.36. The van der Waals surface area contributed by atoms with Crippen LogP contribution in [0.4, 0.5) is 5.69 Å². The minimum absolute atomic E-state index is 0.122. The van der Waals surface area contributed by atoms with Crippen LogP contribution in [0.5, 0.6) is 11.5 Å². The van der Waals surface area contributed by atoms with Gasteiger partial charge in [0.1, 0.15) is 13.2 Å². The van der Waals surface area contributed by atoms with Gasteiger partial charge in [-0.15, -0.1) is 0 Å². The molecule has 2 aromatic carbocycles. The number of hydrogen-bond acceptors (Lipinski definition) is 4. The van der Waals surface area contributed by atoms with E-state index in [-0.39, 0.29) is 18.4 Å². The maximum absolute atomic E-state index is 13.0. The molecule has 0 aliphatic heterocycles. The van der Waals surface area contributed by atoms with Crippen LogP contribution >= 0.6 is 23.2 Å². The molecule has 0 radical (unpaired) electrons. The third-order valence-corrected chi connectivity index (χ3v) is 4.64. The largest absolute Gasteiger partial charge is 0.493 e. The summed E-state index contributed by atoms with van der Waals surface area (Å²) in [5.74, 6) is 0.282. The molecule has 8 heteroatoms. The molecule has 0 bridgehead atoms. The summed E-state index contributed by atoms with van der Waals surface area (Å²) in [6.45, 7) is 6.15. The fourth-order valence-corrected chi connectivity index (χ4v) is 3.18. The van der Waals surface area contributed by atoms with Crippen molar-refractivity contribution in [2.45, 2.75) is 13.3 Å². The van der Waals surface area contributed by atoms with Gasteiger partial charge in [0, 0.05) is 17.1 Å². The van der Waals surface area contributed by atoms with Crippen molar-refractivity contribution < 1.29 is 19.1 Å². The summed E-state index contributed by atoms with van der Waals surface area (Å²) in [6, 6.07) is 9.67. The molecule has 160 valence electrons. The van der Waals surface area contributed by atoms with Crippen LogP contribution in [0.2, 0.25) is 10.0 Å². The number of carbonyl (C=O) groups is 2. The molecule has 0 aromatic heterocycles. The molecule has 0 saturated heterocycles. The zero-order valence-corrected chi connectivity index (χ0v) is 18.4. The van der Waals surface area contributed by atoms with Gasteiger partial charge in [-0.3, -0.25) is 9.59 Å². The smallest absolute Gasteiger partial charge is 0.254 e. The number of amides is 2. The number of carbonyl (C=O) groups excluding carboxylic acids is 2. The maximum Gasteiger partial charge on any atom is 0.254 e. The Morgan fingerprint density at radius 1 is 1.17 bits per heavy atom.